The first-order valence-corrected chi connectivity index (χ1v) is 7.30. The number of rotatable bonds is 5. The third kappa shape index (κ3) is 3.15. The zero-order valence-electron chi connectivity index (χ0n) is 11.8. The van der Waals surface area contributed by atoms with E-state index in [2.05, 4.69) is 15.0 Å². The van der Waals surface area contributed by atoms with E-state index in [1.54, 1.807) is 12.1 Å². The van der Waals surface area contributed by atoms with Gasteiger partial charge >= 0.3 is 12.0 Å². The fourth-order valence-corrected chi connectivity index (χ4v) is 2.58. The van der Waals surface area contributed by atoms with Crippen molar-refractivity contribution < 1.29 is 13.9 Å². The lowest BCUT2D eigenvalue weighted by molar-refractivity contribution is 0.336. The van der Waals surface area contributed by atoms with Crippen LogP contribution in [0.1, 0.15) is 16.6 Å². The highest BCUT2D eigenvalue weighted by Gasteiger charge is 2.22. The topological polar surface area (TPSA) is 83.2 Å². The number of nitrogen functional groups attached to an aromatic ring is 1. The minimum Gasteiger partial charge on any atom is -0.467 e. The van der Waals surface area contributed by atoms with E-state index >= 15 is 0 Å². The van der Waals surface area contributed by atoms with Crippen molar-refractivity contribution in [2.45, 2.75) is 5.25 Å². The molecule has 0 aliphatic carbocycles. The van der Waals surface area contributed by atoms with Gasteiger partial charge in [0.2, 0.25) is 0 Å². The number of halogens is 1. The minimum absolute atomic E-state index is 0.0789. The SMILES string of the molecule is COc1nc(OC)nc(C(SC)c2cccc(F)c2N)n1. The summed E-state index contributed by atoms with van der Waals surface area (Å²) in [5, 5.41) is -0.355. The Balaban J connectivity index is 2.53. The summed E-state index contributed by atoms with van der Waals surface area (Å²) in [6, 6.07) is 4.91. The van der Waals surface area contributed by atoms with Gasteiger partial charge < -0.3 is 15.2 Å². The van der Waals surface area contributed by atoms with Crippen molar-refractivity contribution in [3.05, 3.63) is 35.4 Å². The molecule has 0 spiro atoms. The molecule has 21 heavy (non-hydrogen) atoms. The van der Waals surface area contributed by atoms with Gasteiger partial charge in [-0.2, -0.15) is 9.97 Å². The number of methoxy groups -OCH3 is 2. The van der Waals surface area contributed by atoms with Gasteiger partial charge in [0.15, 0.2) is 5.82 Å². The summed E-state index contributed by atoms with van der Waals surface area (Å²) in [5.41, 5.74) is 6.49. The van der Waals surface area contributed by atoms with E-state index in [0.29, 0.717) is 11.4 Å². The largest absolute Gasteiger partial charge is 0.467 e. The fourth-order valence-electron chi connectivity index (χ4n) is 1.81. The zero-order valence-corrected chi connectivity index (χ0v) is 12.6. The summed E-state index contributed by atoms with van der Waals surface area (Å²) in [7, 11) is 2.90. The quantitative estimate of drug-likeness (QED) is 0.846. The number of benzene rings is 1. The van der Waals surface area contributed by atoms with E-state index in [1.165, 1.54) is 32.0 Å². The summed E-state index contributed by atoms with van der Waals surface area (Å²) in [5.74, 6) is -0.0805. The maximum atomic E-state index is 13.6. The average molecular weight is 310 g/mol. The van der Waals surface area contributed by atoms with Crippen LogP contribution in [0.2, 0.25) is 0 Å². The molecule has 1 unspecified atom stereocenters. The molecule has 0 aliphatic heterocycles. The van der Waals surface area contributed by atoms with Crippen molar-refractivity contribution >= 4 is 17.4 Å². The van der Waals surface area contributed by atoms with Crippen LogP contribution < -0.4 is 15.2 Å². The second-order valence-corrected chi connectivity index (χ2v) is 4.97. The van der Waals surface area contributed by atoms with Gasteiger partial charge in [-0.1, -0.05) is 12.1 Å². The van der Waals surface area contributed by atoms with Gasteiger partial charge in [0.1, 0.15) is 5.82 Å². The number of hydrogen-bond acceptors (Lipinski definition) is 7. The number of hydrogen-bond donors (Lipinski definition) is 1. The molecular formula is C13H15FN4O2S. The number of aromatic nitrogens is 3. The molecule has 0 amide bonds. The molecule has 0 aliphatic rings. The van der Waals surface area contributed by atoms with E-state index in [0.717, 1.165) is 0 Å². The number of ether oxygens (including phenoxy) is 2. The first-order valence-electron chi connectivity index (χ1n) is 6.01. The summed E-state index contributed by atoms with van der Waals surface area (Å²) in [6.45, 7) is 0. The second kappa shape index (κ2) is 6.57. The monoisotopic (exact) mass is 310 g/mol. The molecule has 0 radical (unpaired) electrons. The van der Waals surface area contributed by atoms with Crippen molar-refractivity contribution in [2.24, 2.45) is 0 Å². The van der Waals surface area contributed by atoms with Crippen LogP contribution in [0.25, 0.3) is 0 Å². The summed E-state index contributed by atoms with van der Waals surface area (Å²) < 4.78 is 23.7. The van der Waals surface area contributed by atoms with E-state index in [1.807, 2.05) is 6.26 Å². The van der Waals surface area contributed by atoms with Crippen molar-refractivity contribution in [1.29, 1.82) is 0 Å². The molecule has 112 valence electrons. The van der Waals surface area contributed by atoms with Gasteiger partial charge in [-0.05, 0) is 17.9 Å². The van der Waals surface area contributed by atoms with E-state index < -0.39 is 5.82 Å². The average Bonchev–Trinajstić information content (AvgIpc) is 2.51. The molecule has 1 aromatic heterocycles. The second-order valence-electron chi connectivity index (χ2n) is 4.03. The first-order chi connectivity index (χ1) is 10.1. The Morgan fingerprint density at radius 3 is 2.29 bits per heavy atom. The predicted molar refractivity (Wildman–Crippen MR) is 79.1 cm³/mol. The number of thioether (sulfide) groups is 1. The summed E-state index contributed by atoms with van der Waals surface area (Å²) in [4.78, 5) is 12.3. The molecule has 0 fully saturated rings. The van der Waals surface area contributed by atoms with Crippen molar-refractivity contribution in [3.8, 4) is 12.0 Å². The Morgan fingerprint density at radius 2 is 1.76 bits per heavy atom. The van der Waals surface area contributed by atoms with Crippen molar-refractivity contribution in [1.82, 2.24) is 15.0 Å². The molecule has 2 aromatic rings. The van der Waals surface area contributed by atoms with Crippen molar-refractivity contribution in [2.75, 3.05) is 26.2 Å². The molecule has 1 heterocycles. The third-order valence-corrected chi connectivity index (χ3v) is 3.75. The van der Waals surface area contributed by atoms with E-state index in [4.69, 9.17) is 15.2 Å². The standard InChI is InChI=1S/C13H15FN4O2S/c1-19-12-16-11(17-13(18-12)20-2)10(21-3)7-5-4-6-8(14)9(7)15/h4-6,10H,15H2,1-3H3. The minimum atomic E-state index is -0.473. The van der Waals surface area contributed by atoms with Crippen LogP contribution in [0, 0.1) is 5.82 Å². The smallest absolute Gasteiger partial charge is 0.322 e. The van der Waals surface area contributed by atoms with Crippen LogP contribution in [-0.2, 0) is 0 Å². The molecule has 0 saturated heterocycles. The Morgan fingerprint density at radius 1 is 1.14 bits per heavy atom. The van der Waals surface area contributed by atoms with Crippen LogP contribution in [0.3, 0.4) is 0 Å². The molecular weight excluding hydrogens is 295 g/mol. The Labute approximate surface area is 125 Å². The van der Waals surface area contributed by atoms with Gasteiger partial charge in [-0.25, -0.2) is 4.39 Å². The van der Waals surface area contributed by atoms with Crippen LogP contribution in [0.15, 0.2) is 18.2 Å². The fraction of sp³-hybridized carbons (Fsp3) is 0.308. The highest BCUT2D eigenvalue weighted by molar-refractivity contribution is 7.99. The Hall–Kier alpha value is -2.09. The van der Waals surface area contributed by atoms with Gasteiger partial charge in [0, 0.05) is 0 Å². The molecule has 0 saturated carbocycles. The van der Waals surface area contributed by atoms with Gasteiger partial charge in [-0.3, -0.25) is 0 Å². The Bertz CT molecular complexity index is 619. The summed E-state index contributed by atoms with van der Waals surface area (Å²) >= 11 is 1.43. The van der Waals surface area contributed by atoms with E-state index in [9.17, 15) is 4.39 Å². The number of nitrogens with two attached hydrogens (primary N) is 1. The van der Waals surface area contributed by atoms with Crippen LogP contribution in [-0.4, -0.2) is 35.4 Å². The maximum absolute atomic E-state index is 13.6. The molecule has 2 N–H and O–H groups in total. The van der Waals surface area contributed by atoms with Gasteiger partial charge in [0.05, 0.1) is 25.2 Å². The maximum Gasteiger partial charge on any atom is 0.322 e. The lowest BCUT2D eigenvalue weighted by Crippen LogP contribution is -2.10. The van der Waals surface area contributed by atoms with Crippen LogP contribution >= 0.6 is 11.8 Å². The Kier molecular flexibility index (Phi) is 4.79. The van der Waals surface area contributed by atoms with Crippen LogP contribution in [0.5, 0.6) is 12.0 Å². The molecule has 1 atom stereocenters. The molecule has 8 heteroatoms. The van der Waals surface area contributed by atoms with Gasteiger partial charge in [-0.15, -0.1) is 16.7 Å². The summed E-state index contributed by atoms with van der Waals surface area (Å²) in [6.07, 6.45) is 1.86. The highest BCUT2D eigenvalue weighted by Crippen LogP contribution is 2.36. The van der Waals surface area contributed by atoms with Crippen LogP contribution in [0.4, 0.5) is 10.1 Å². The molecule has 2 rings (SSSR count). The lowest BCUT2D eigenvalue weighted by Gasteiger charge is -2.16. The van der Waals surface area contributed by atoms with Crippen molar-refractivity contribution in [3.63, 3.8) is 0 Å². The highest BCUT2D eigenvalue weighted by atomic mass is 32.2. The zero-order chi connectivity index (χ0) is 15.4. The normalized spacial score (nSPS) is 12.0. The number of nitrogens with zero attached hydrogens (tertiary/aromatic N) is 3. The molecule has 6 nitrogen and oxygen atoms in total. The third-order valence-electron chi connectivity index (χ3n) is 2.82. The lowest BCUT2D eigenvalue weighted by atomic mass is 10.1. The predicted octanol–water partition coefficient (Wildman–Crippen LogP) is 2.06. The van der Waals surface area contributed by atoms with Gasteiger partial charge in [0.25, 0.3) is 0 Å². The van der Waals surface area contributed by atoms with E-state index in [-0.39, 0.29) is 23.0 Å². The first kappa shape index (κ1) is 15.3. The molecule has 0 bridgehead atoms. The molecule has 1 aromatic carbocycles. The number of anilines is 1. The number of para-hydroxylation sites is 1.